The Morgan fingerprint density at radius 3 is 2.57 bits per heavy atom. The summed E-state index contributed by atoms with van der Waals surface area (Å²) in [6.07, 6.45) is 1.51. The van der Waals surface area contributed by atoms with Crippen molar-refractivity contribution >= 4 is 22.6 Å². The normalized spacial score (nSPS) is 12.3. The summed E-state index contributed by atoms with van der Waals surface area (Å²) in [5, 5.41) is 2.78. The van der Waals surface area contributed by atoms with Crippen molar-refractivity contribution in [2.24, 2.45) is 11.7 Å². The molecule has 7 heteroatoms. The first-order chi connectivity index (χ1) is 10.0. The van der Waals surface area contributed by atoms with Crippen molar-refractivity contribution in [3.05, 3.63) is 38.9 Å². The van der Waals surface area contributed by atoms with Crippen LogP contribution in [0.15, 0.2) is 27.8 Å². The van der Waals surface area contributed by atoms with E-state index in [4.69, 9.17) is 5.73 Å². The summed E-state index contributed by atoms with van der Waals surface area (Å²) in [5.41, 5.74) is 5.54. The number of carbonyl (C=O) groups is 1. The zero-order chi connectivity index (χ0) is 15.4. The lowest BCUT2D eigenvalue weighted by Gasteiger charge is -2.12. The second kappa shape index (κ2) is 6.36. The summed E-state index contributed by atoms with van der Waals surface area (Å²) in [5.74, 6) is -0.242. The largest absolute Gasteiger partial charge is 0.330 e. The van der Waals surface area contributed by atoms with Gasteiger partial charge in [0, 0.05) is 11.6 Å². The topological polar surface area (TPSA) is 121 Å². The van der Waals surface area contributed by atoms with Gasteiger partial charge in [0.15, 0.2) is 0 Å². The summed E-state index contributed by atoms with van der Waals surface area (Å²) < 4.78 is 0. The van der Waals surface area contributed by atoms with Crippen LogP contribution in [0.1, 0.15) is 19.8 Å². The highest BCUT2D eigenvalue weighted by Crippen LogP contribution is 2.15. The van der Waals surface area contributed by atoms with Crippen molar-refractivity contribution in [1.29, 1.82) is 0 Å². The van der Waals surface area contributed by atoms with E-state index in [-0.39, 0.29) is 11.8 Å². The molecule has 21 heavy (non-hydrogen) atoms. The maximum absolute atomic E-state index is 12.0. The summed E-state index contributed by atoms with van der Waals surface area (Å²) >= 11 is 0. The average molecular weight is 290 g/mol. The molecule has 1 amide bonds. The number of amides is 1. The number of benzene rings is 1. The fourth-order valence-corrected chi connectivity index (χ4v) is 2.01. The molecule has 1 aromatic carbocycles. The van der Waals surface area contributed by atoms with Crippen LogP contribution < -0.4 is 22.2 Å². The Morgan fingerprint density at radius 1 is 1.24 bits per heavy atom. The maximum atomic E-state index is 12.0. The predicted octanol–water partition coefficient (Wildman–Crippen LogP) is 0.530. The molecule has 112 valence electrons. The van der Waals surface area contributed by atoms with Gasteiger partial charge in [-0.3, -0.25) is 14.4 Å². The molecule has 0 saturated carbocycles. The number of H-pyrrole nitrogens is 2. The van der Waals surface area contributed by atoms with Crippen molar-refractivity contribution in [1.82, 2.24) is 9.97 Å². The lowest BCUT2D eigenvalue weighted by atomic mass is 10.0. The van der Waals surface area contributed by atoms with Crippen LogP contribution in [-0.2, 0) is 4.79 Å². The van der Waals surface area contributed by atoms with E-state index in [1.807, 2.05) is 6.92 Å². The fraction of sp³-hybridized carbons (Fsp3) is 0.357. The predicted molar refractivity (Wildman–Crippen MR) is 81.3 cm³/mol. The first kappa shape index (κ1) is 15.0. The zero-order valence-electron chi connectivity index (χ0n) is 11.7. The van der Waals surface area contributed by atoms with Crippen molar-refractivity contribution in [2.45, 2.75) is 19.8 Å². The highest BCUT2D eigenvalue weighted by Gasteiger charge is 2.12. The Hall–Kier alpha value is -2.41. The molecular formula is C14H18N4O3. The Balaban J connectivity index is 2.19. The van der Waals surface area contributed by atoms with E-state index in [0.29, 0.717) is 23.3 Å². The number of hydrogen-bond acceptors (Lipinski definition) is 4. The summed E-state index contributed by atoms with van der Waals surface area (Å²) in [6, 6.07) is 4.91. The van der Waals surface area contributed by atoms with Crippen molar-refractivity contribution < 1.29 is 4.79 Å². The van der Waals surface area contributed by atoms with Crippen LogP contribution in [-0.4, -0.2) is 22.4 Å². The first-order valence-corrected chi connectivity index (χ1v) is 6.78. The molecule has 0 fully saturated rings. The minimum Gasteiger partial charge on any atom is -0.330 e. The molecule has 0 radical (unpaired) electrons. The lowest BCUT2D eigenvalue weighted by molar-refractivity contribution is -0.119. The van der Waals surface area contributed by atoms with E-state index in [0.717, 1.165) is 12.8 Å². The van der Waals surface area contributed by atoms with E-state index in [1.165, 1.54) is 0 Å². The Labute approximate surface area is 120 Å². The van der Waals surface area contributed by atoms with E-state index >= 15 is 0 Å². The minimum atomic E-state index is -0.720. The van der Waals surface area contributed by atoms with Gasteiger partial charge in [0.2, 0.25) is 5.91 Å². The molecule has 0 bridgehead atoms. The molecule has 7 nitrogen and oxygen atoms in total. The fourth-order valence-electron chi connectivity index (χ4n) is 2.01. The number of nitrogens with one attached hydrogen (secondary N) is 3. The zero-order valence-corrected chi connectivity index (χ0v) is 11.7. The summed E-state index contributed by atoms with van der Waals surface area (Å²) in [4.78, 5) is 39.4. The number of fused-ring (bicyclic) bond motifs is 1. The van der Waals surface area contributed by atoms with E-state index in [1.54, 1.807) is 18.2 Å². The second-order valence-electron chi connectivity index (χ2n) is 4.99. The molecule has 0 aliphatic heterocycles. The molecule has 1 heterocycles. The highest BCUT2D eigenvalue weighted by atomic mass is 16.2. The average Bonchev–Trinajstić information content (AvgIpc) is 2.46. The molecule has 0 aliphatic rings. The third-order valence-electron chi connectivity index (χ3n) is 3.28. The van der Waals surface area contributed by atoms with Gasteiger partial charge in [0.1, 0.15) is 0 Å². The van der Waals surface area contributed by atoms with Gasteiger partial charge in [-0.05, 0) is 37.6 Å². The highest BCUT2D eigenvalue weighted by molar-refractivity contribution is 5.94. The van der Waals surface area contributed by atoms with Crippen LogP contribution >= 0.6 is 0 Å². The Morgan fingerprint density at radius 2 is 1.90 bits per heavy atom. The van der Waals surface area contributed by atoms with Gasteiger partial charge in [0.25, 0.3) is 0 Å². The molecule has 1 unspecified atom stereocenters. The number of hydrogen-bond donors (Lipinski definition) is 4. The smallest absolute Gasteiger partial charge is 0.314 e. The second-order valence-corrected chi connectivity index (χ2v) is 4.99. The molecule has 0 saturated heterocycles. The Bertz CT molecular complexity index is 763. The molecular weight excluding hydrogens is 272 g/mol. The van der Waals surface area contributed by atoms with Gasteiger partial charge < -0.3 is 21.0 Å². The van der Waals surface area contributed by atoms with E-state index < -0.39 is 11.1 Å². The summed E-state index contributed by atoms with van der Waals surface area (Å²) in [7, 11) is 0. The summed E-state index contributed by atoms with van der Waals surface area (Å²) in [6.45, 7) is 2.40. The van der Waals surface area contributed by atoms with Crippen LogP contribution in [0.25, 0.3) is 11.0 Å². The van der Waals surface area contributed by atoms with E-state index in [9.17, 15) is 14.4 Å². The number of anilines is 1. The molecule has 0 spiro atoms. The minimum absolute atomic E-state index is 0.102. The number of nitrogens with two attached hydrogens (primary N) is 1. The third-order valence-corrected chi connectivity index (χ3v) is 3.28. The van der Waals surface area contributed by atoms with Crippen LogP contribution in [0, 0.1) is 5.92 Å². The number of carbonyl (C=O) groups excluding carboxylic acids is 1. The Kier molecular flexibility index (Phi) is 4.54. The van der Waals surface area contributed by atoms with Crippen LogP contribution in [0.5, 0.6) is 0 Å². The van der Waals surface area contributed by atoms with Gasteiger partial charge >= 0.3 is 11.1 Å². The SMILES string of the molecule is CC(CCCN)C(=O)Nc1ccc2[nH]c(=O)c(=O)[nH]c2c1. The quantitative estimate of drug-likeness (QED) is 0.600. The molecule has 2 rings (SSSR count). The van der Waals surface area contributed by atoms with Crippen LogP contribution in [0.2, 0.25) is 0 Å². The third kappa shape index (κ3) is 3.57. The number of aromatic nitrogens is 2. The molecule has 5 N–H and O–H groups in total. The molecule has 1 atom stereocenters. The van der Waals surface area contributed by atoms with Gasteiger partial charge in [-0.1, -0.05) is 6.92 Å². The van der Waals surface area contributed by atoms with E-state index in [2.05, 4.69) is 15.3 Å². The number of rotatable bonds is 5. The van der Waals surface area contributed by atoms with Gasteiger partial charge in [-0.2, -0.15) is 0 Å². The van der Waals surface area contributed by atoms with Gasteiger partial charge in [0.05, 0.1) is 11.0 Å². The number of aromatic amines is 2. The standard InChI is InChI=1S/C14H18N4O3/c1-8(3-2-6-15)12(19)16-9-4-5-10-11(7-9)18-14(21)13(20)17-10/h4-5,7-8H,2-3,6,15H2,1H3,(H,16,19)(H,17,20)(H,18,21). The van der Waals surface area contributed by atoms with Crippen LogP contribution in [0.3, 0.4) is 0 Å². The first-order valence-electron chi connectivity index (χ1n) is 6.78. The van der Waals surface area contributed by atoms with Gasteiger partial charge in [-0.25, -0.2) is 0 Å². The van der Waals surface area contributed by atoms with Crippen molar-refractivity contribution in [3.8, 4) is 0 Å². The molecule has 0 aliphatic carbocycles. The monoisotopic (exact) mass is 290 g/mol. The van der Waals surface area contributed by atoms with Crippen LogP contribution in [0.4, 0.5) is 5.69 Å². The van der Waals surface area contributed by atoms with Crippen molar-refractivity contribution in [2.75, 3.05) is 11.9 Å². The van der Waals surface area contributed by atoms with Crippen molar-refractivity contribution in [3.63, 3.8) is 0 Å². The maximum Gasteiger partial charge on any atom is 0.314 e. The molecule has 1 aromatic heterocycles. The van der Waals surface area contributed by atoms with Gasteiger partial charge in [-0.15, -0.1) is 0 Å². The molecule has 2 aromatic rings. The lowest BCUT2D eigenvalue weighted by Crippen LogP contribution is -2.29.